The molecule has 3 aromatic carbocycles. The summed E-state index contributed by atoms with van der Waals surface area (Å²) in [4.78, 5) is 25.7. The summed E-state index contributed by atoms with van der Waals surface area (Å²) in [7, 11) is -3.60. The third-order valence-corrected chi connectivity index (χ3v) is 8.99. The van der Waals surface area contributed by atoms with E-state index in [0.717, 1.165) is 16.7 Å². The van der Waals surface area contributed by atoms with Gasteiger partial charge in [-0.15, -0.1) is 0 Å². The maximum atomic E-state index is 14.6. The van der Waals surface area contributed by atoms with E-state index in [-0.39, 0.29) is 29.6 Å². The Morgan fingerprint density at radius 1 is 0.897 bits per heavy atom. The van der Waals surface area contributed by atoms with Crippen LogP contribution in [0.5, 0.6) is 0 Å². The average Bonchev–Trinajstić information content (AvgIpc) is 3.33. The van der Waals surface area contributed by atoms with Gasteiger partial charge in [-0.1, -0.05) is 72.8 Å². The summed E-state index contributed by atoms with van der Waals surface area (Å²) in [5.74, 6) is -0.0996. The molecule has 0 saturated carbocycles. The van der Waals surface area contributed by atoms with Crippen LogP contribution in [0.4, 0.5) is 0 Å². The number of amides is 1. The molecule has 3 heterocycles. The van der Waals surface area contributed by atoms with Crippen molar-refractivity contribution in [1.29, 1.82) is 0 Å². The number of hydrogen-bond donors (Lipinski definition) is 0. The number of benzene rings is 3. The standard InChI is InChI=1S/C31H27N3O4S/c35-30-31(20-23-10-3-1-4-11-23)28(38-29(33-31)24-13-9-17-32-21-24)27-16-8-7-12-25(27)22-34(30)18-19-39(36,37)26-14-5-2-6-15-26/h1-17,21,28H,18-20,22H2/t28-,31-/m0/s1. The van der Waals surface area contributed by atoms with Crippen molar-refractivity contribution in [3.8, 4) is 0 Å². The highest BCUT2D eigenvalue weighted by Gasteiger charge is 2.56. The van der Waals surface area contributed by atoms with Crippen LogP contribution in [0.25, 0.3) is 0 Å². The number of aliphatic imine (C=N–C) groups is 1. The number of nitrogens with zero attached hydrogens (tertiary/aromatic N) is 3. The minimum Gasteiger partial charge on any atom is -0.466 e. The summed E-state index contributed by atoms with van der Waals surface area (Å²) in [6.45, 7) is 0.304. The van der Waals surface area contributed by atoms with Gasteiger partial charge in [0.2, 0.25) is 5.90 Å². The van der Waals surface area contributed by atoms with Gasteiger partial charge in [0.05, 0.1) is 16.2 Å². The van der Waals surface area contributed by atoms with Crippen molar-refractivity contribution in [2.24, 2.45) is 4.99 Å². The van der Waals surface area contributed by atoms with Gasteiger partial charge in [-0.3, -0.25) is 9.78 Å². The van der Waals surface area contributed by atoms with Crippen molar-refractivity contribution in [1.82, 2.24) is 9.88 Å². The van der Waals surface area contributed by atoms with Crippen LogP contribution >= 0.6 is 0 Å². The molecule has 1 amide bonds. The fraction of sp³-hybridized carbons (Fsp3) is 0.194. The van der Waals surface area contributed by atoms with Crippen LogP contribution < -0.4 is 0 Å². The van der Waals surface area contributed by atoms with E-state index in [1.165, 1.54) is 0 Å². The highest BCUT2D eigenvalue weighted by atomic mass is 32.2. The van der Waals surface area contributed by atoms with E-state index in [4.69, 9.17) is 9.73 Å². The Morgan fingerprint density at radius 3 is 2.36 bits per heavy atom. The molecule has 2 aliphatic heterocycles. The van der Waals surface area contributed by atoms with Gasteiger partial charge in [0.25, 0.3) is 5.91 Å². The van der Waals surface area contributed by atoms with Gasteiger partial charge in [0, 0.05) is 37.5 Å². The summed E-state index contributed by atoms with van der Waals surface area (Å²) >= 11 is 0. The highest BCUT2D eigenvalue weighted by Crippen LogP contribution is 2.46. The number of carbonyl (C=O) groups excluding carboxylic acids is 1. The van der Waals surface area contributed by atoms with Gasteiger partial charge in [-0.2, -0.15) is 0 Å². The Hall–Kier alpha value is -4.30. The van der Waals surface area contributed by atoms with Gasteiger partial charge in [0.15, 0.2) is 21.5 Å². The maximum absolute atomic E-state index is 14.6. The number of hydrogen-bond acceptors (Lipinski definition) is 6. The second-order valence-electron chi connectivity index (χ2n) is 9.80. The average molecular weight is 538 g/mol. The lowest BCUT2D eigenvalue weighted by atomic mass is 9.81. The van der Waals surface area contributed by atoms with Gasteiger partial charge in [0.1, 0.15) is 0 Å². The molecule has 0 radical (unpaired) electrons. The molecule has 8 heteroatoms. The Labute approximate surface area is 227 Å². The molecular weight excluding hydrogens is 510 g/mol. The second-order valence-corrected chi connectivity index (χ2v) is 11.9. The number of sulfone groups is 1. The zero-order chi connectivity index (χ0) is 26.9. The van der Waals surface area contributed by atoms with Gasteiger partial charge < -0.3 is 9.64 Å². The quantitative estimate of drug-likeness (QED) is 0.349. The van der Waals surface area contributed by atoms with E-state index in [1.54, 1.807) is 53.7 Å². The summed E-state index contributed by atoms with van der Waals surface area (Å²) in [5.41, 5.74) is 2.09. The molecule has 0 spiro atoms. The van der Waals surface area contributed by atoms with Crippen molar-refractivity contribution in [3.63, 3.8) is 0 Å². The van der Waals surface area contributed by atoms with E-state index in [0.29, 0.717) is 17.9 Å². The van der Waals surface area contributed by atoms with E-state index in [2.05, 4.69) is 4.98 Å². The molecule has 0 saturated heterocycles. The third kappa shape index (κ3) is 4.72. The smallest absolute Gasteiger partial charge is 0.255 e. The van der Waals surface area contributed by atoms with Crippen molar-refractivity contribution in [2.45, 2.75) is 29.5 Å². The molecule has 0 aliphatic carbocycles. The predicted octanol–water partition coefficient (Wildman–Crippen LogP) is 4.40. The first kappa shape index (κ1) is 25.0. The van der Waals surface area contributed by atoms with Gasteiger partial charge >= 0.3 is 0 Å². The molecule has 6 rings (SSSR count). The van der Waals surface area contributed by atoms with Crippen LogP contribution in [0.2, 0.25) is 0 Å². The van der Waals surface area contributed by atoms with E-state index >= 15 is 0 Å². The molecular formula is C31H27N3O4S. The van der Waals surface area contributed by atoms with Crippen LogP contribution in [0.3, 0.4) is 0 Å². The molecule has 39 heavy (non-hydrogen) atoms. The van der Waals surface area contributed by atoms with E-state index in [1.807, 2.05) is 60.7 Å². The topological polar surface area (TPSA) is 88.9 Å². The fourth-order valence-electron chi connectivity index (χ4n) is 5.33. The van der Waals surface area contributed by atoms with Crippen LogP contribution in [-0.4, -0.2) is 47.9 Å². The van der Waals surface area contributed by atoms with Crippen molar-refractivity contribution < 1.29 is 17.9 Å². The molecule has 196 valence electrons. The Balaban J connectivity index is 1.45. The largest absolute Gasteiger partial charge is 0.466 e. The molecule has 4 aromatic rings. The zero-order valence-corrected chi connectivity index (χ0v) is 22.0. The van der Waals surface area contributed by atoms with Crippen LogP contribution in [0, 0.1) is 0 Å². The van der Waals surface area contributed by atoms with Crippen molar-refractivity contribution >= 4 is 21.6 Å². The van der Waals surface area contributed by atoms with Gasteiger partial charge in [-0.25, -0.2) is 13.4 Å². The lowest BCUT2D eigenvalue weighted by Crippen LogP contribution is -2.50. The first-order valence-corrected chi connectivity index (χ1v) is 14.5. The Kier molecular flexibility index (Phi) is 6.48. The lowest BCUT2D eigenvalue weighted by molar-refractivity contribution is -0.139. The summed E-state index contributed by atoms with van der Waals surface area (Å²) in [6.07, 6.45) is 2.97. The SMILES string of the molecule is O=C1N(CCS(=O)(=O)c2ccccc2)Cc2ccccc2[C@@H]2OC(c3cccnc3)=N[C@]12Cc1ccccc1. The maximum Gasteiger partial charge on any atom is 0.255 e. The Bertz CT molecular complexity index is 1630. The van der Waals surface area contributed by atoms with Crippen LogP contribution in [0.1, 0.15) is 28.4 Å². The van der Waals surface area contributed by atoms with E-state index < -0.39 is 21.5 Å². The zero-order valence-electron chi connectivity index (χ0n) is 21.2. The number of aromatic nitrogens is 1. The summed E-state index contributed by atoms with van der Waals surface area (Å²) in [6, 6.07) is 29.5. The third-order valence-electron chi connectivity index (χ3n) is 7.28. The van der Waals surface area contributed by atoms with Crippen molar-refractivity contribution in [3.05, 3.63) is 132 Å². The fourth-order valence-corrected chi connectivity index (χ4v) is 6.60. The highest BCUT2D eigenvalue weighted by molar-refractivity contribution is 7.91. The molecule has 2 aliphatic rings. The molecule has 2 atom stereocenters. The molecule has 0 bridgehead atoms. The number of ether oxygens (including phenoxy) is 1. The molecule has 0 N–H and O–H groups in total. The number of rotatable bonds is 7. The monoisotopic (exact) mass is 537 g/mol. The molecule has 1 aromatic heterocycles. The summed E-state index contributed by atoms with van der Waals surface area (Å²) in [5, 5.41) is 0. The molecule has 0 unspecified atom stereocenters. The minimum atomic E-state index is -3.60. The second kappa shape index (κ2) is 10.1. The van der Waals surface area contributed by atoms with E-state index in [9.17, 15) is 13.2 Å². The van der Waals surface area contributed by atoms with Crippen molar-refractivity contribution in [2.75, 3.05) is 12.3 Å². The summed E-state index contributed by atoms with van der Waals surface area (Å²) < 4.78 is 32.8. The lowest BCUT2D eigenvalue weighted by Gasteiger charge is -2.32. The molecule has 0 fully saturated rings. The predicted molar refractivity (Wildman–Crippen MR) is 148 cm³/mol. The first-order valence-electron chi connectivity index (χ1n) is 12.8. The number of pyridine rings is 1. The number of fused-ring (bicyclic) bond motifs is 3. The minimum absolute atomic E-state index is 0.0331. The Morgan fingerprint density at radius 2 is 1.62 bits per heavy atom. The number of carbonyl (C=O) groups is 1. The normalized spacial score (nSPS) is 20.4. The molecule has 7 nitrogen and oxygen atoms in total. The van der Waals surface area contributed by atoms with Crippen LogP contribution in [0.15, 0.2) is 119 Å². The van der Waals surface area contributed by atoms with Gasteiger partial charge in [-0.05, 0) is 35.4 Å². The van der Waals surface area contributed by atoms with Crippen LogP contribution in [-0.2, 0) is 32.3 Å². The first-order chi connectivity index (χ1) is 19.0.